The average Bonchev–Trinajstić information content (AvgIpc) is 3.16. The van der Waals surface area contributed by atoms with Crippen LogP contribution in [0.2, 0.25) is 0 Å². The number of ether oxygens (including phenoxy) is 2. The molecule has 0 unspecified atom stereocenters. The van der Waals surface area contributed by atoms with Gasteiger partial charge in [0, 0.05) is 23.5 Å². The standard InChI is InChI=1S/C25H24O5/c26-19-11-17-23(22(19)16-9-5-2-6-10-16)24(28)18-12-21(20(27)14-30-25(17)18)29-13-15-7-3-1-4-8-15/h1-10,17-18,20-21,25,27H,11-14H2/t17-,18+,20-,21+,25+/m1/s1. The van der Waals surface area contributed by atoms with E-state index >= 15 is 0 Å². The Morgan fingerprint density at radius 3 is 2.40 bits per heavy atom. The molecule has 0 amide bonds. The summed E-state index contributed by atoms with van der Waals surface area (Å²) in [4.78, 5) is 26.1. The van der Waals surface area contributed by atoms with Gasteiger partial charge in [-0.3, -0.25) is 9.59 Å². The number of aliphatic hydroxyl groups excluding tert-OH is 1. The number of fused-ring (bicyclic) bond motifs is 3. The Morgan fingerprint density at radius 1 is 0.967 bits per heavy atom. The van der Waals surface area contributed by atoms with Crippen LogP contribution in [0.25, 0.3) is 5.57 Å². The molecule has 5 nitrogen and oxygen atoms in total. The van der Waals surface area contributed by atoms with Gasteiger partial charge in [0.2, 0.25) is 0 Å². The van der Waals surface area contributed by atoms with Crippen molar-refractivity contribution in [1.82, 2.24) is 0 Å². The molecule has 2 aromatic carbocycles. The fourth-order valence-electron chi connectivity index (χ4n) is 5.03. The highest BCUT2D eigenvalue weighted by molar-refractivity contribution is 6.31. The van der Waals surface area contributed by atoms with Crippen LogP contribution in [0, 0.1) is 11.8 Å². The minimum atomic E-state index is -0.801. The second-order valence-electron chi connectivity index (χ2n) is 8.30. The van der Waals surface area contributed by atoms with E-state index in [2.05, 4.69) is 0 Å². The number of allylic oxidation sites excluding steroid dienone is 1. The summed E-state index contributed by atoms with van der Waals surface area (Å²) < 4.78 is 12.0. The maximum Gasteiger partial charge on any atom is 0.165 e. The van der Waals surface area contributed by atoms with Crippen molar-refractivity contribution in [3.8, 4) is 0 Å². The number of Topliss-reactive ketones (excluding diaryl/α,β-unsaturated/α-hetero) is 2. The van der Waals surface area contributed by atoms with Crippen LogP contribution in [0.5, 0.6) is 0 Å². The number of aliphatic hydroxyl groups is 1. The van der Waals surface area contributed by atoms with Gasteiger partial charge in [-0.05, 0) is 17.5 Å². The Kier molecular flexibility index (Phi) is 5.11. The van der Waals surface area contributed by atoms with Crippen molar-refractivity contribution in [2.45, 2.75) is 37.8 Å². The van der Waals surface area contributed by atoms with Gasteiger partial charge in [-0.25, -0.2) is 0 Å². The zero-order valence-electron chi connectivity index (χ0n) is 16.6. The molecule has 1 N–H and O–H groups in total. The fourth-order valence-corrected chi connectivity index (χ4v) is 5.03. The van der Waals surface area contributed by atoms with E-state index < -0.39 is 18.1 Å². The number of benzene rings is 2. The summed E-state index contributed by atoms with van der Waals surface area (Å²) in [5.74, 6) is -0.657. The van der Waals surface area contributed by atoms with Gasteiger partial charge in [0.1, 0.15) is 6.10 Å². The molecule has 154 valence electrons. The third-order valence-corrected chi connectivity index (χ3v) is 6.46. The van der Waals surface area contributed by atoms with Gasteiger partial charge in [-0.15, -0.1) is 0 Å². The van der Waals surface area contributed by atoms with E-state index in [0.717, 1.165) is 11.1 Å². The maximum absolute atomic E-state index is 13.4. The Labute approximate surface area is 175 Å². The molecule has 0 radical (unpaired) electrons. The minimum Gasteiger partial charge on any atom is -0.388 e. The lowest BCUT2D eigenvalue weighted by atomic mass is 9.91. The molecule has 0 bridgehead atoms. The van der Waals surface area contributed by atoms with E-state index in [1.807, 2.05) is 60.7 Å². The first kappa shape index (κ1) is 19.4. The van der Waals surface area contributed by atoms with Crippen molar-refractivity contribution in [1.29, 1.82) is 0 Å². The Bertz CT molecular complexity index is 981. The summed E-state index contributed by atoms with van der Waals surface area (Å²) in [6.45, 7) is 0.473. The molecule has 2 aromatic rings. The lowest BCUT2D eigenvalue weighted by Gasteiger charge is -2.22. The quantitative estimate of drug-likeness (QED) is 0.848. The molecule has 2 fully saturated rings. The summed E-state index contributed by atoms with van der Waals surface area (Å²) >= 11 is 0. The third-order valence-electron chi connectivity index (χ3n) is 6.46. The molecule has 1 aliphatic heterocycles. The topological polar surface area (TPSA) is 72.8 Å². The molecular weight excluding hydrogens is 380 g/mol. The van der Waals surface area contributed by atoms with Crippen LogP contribution >= 0.6 is 0 Å². The highest BCUT2D eigenvalue weighted by atomic mass is 16.5. The van der Waals surface area contributed by atoms with Crippen LogP contribution in [-0.2, 0) is 25.7 Å². The van der Waals surface area contributed by atoms with Crippen LogP contribution in [-0.4, -0.2) is 41.6 Å². The number of ketones is 2. The number of carbonyl (C=O) groups is 2. The van der Waals surface area contributed by atoms with Gasteiger partial charge in [0.15, 0.2) is 11.6 Å². The van der Waals surface area contributed by atoms with Crippen molar-refractivity contribution < 1.29 is 24.2 Å². The summed E-state index contributed by atoms with van der Waals surface area (Å²) in [5, 5.41) is 10.6. The zero-order chi connectivity index (χ0) is 20.7. The van der Waals surface area contributed by atoms with Gasteiger partial charge in [0.05, 0.1) is 31.3 Å². The molecule has 1 saturated heterocycles. The van der Waals surface area contributed by atoms with Crippen LogP contribution < -0.4 is 0 Å². The summed E-state index contributed by atoms with van der Waals surface area (Å²) in [6, 6.07) is 19.2. The molecule has 2 aliphatic carbocycles. The average molecular weight is 404 g/mol. The predicted molar refractivity (Wildman–Crippen MR) is 110 cm³/mol. The second kappa shape index (κ2) is 7.91. The highest BCUT2D eigenvalue weighted by Gasteiger charge is 2.55. The molecule has 5 atom stereocenters. The van der Waals surface area contributed by atoms with E-state index in [4.69, 9.17) is 9.47 Å². The molecule has 5 heteroatoms. The fraction of sp³-hybridized carbons (Fsp3) is 0.360. The third kappa shape index (κ3) is 3.33. The van der Waals surface area contributed by atoms with Crippen molar-refractivity contribution in [3.05, 3.63) is 77.4 Å². The first-order valence-electron chi connectivity index (χ1n) is 10.5. The lowest BCUT2D eigenvalue weighted by Crippen LogP contribution is -2.32. The molecule has 0 spiro atoms. The van der Waals surface area contributed by atoms with Crippen molar-refractivity contribution in [2.75, 3.05) is 6.61 Å². The van der Waals surface area contributed by atoms with Gasteiger partial charge in [0.25, 0.3) is 0 Å². The zero-order valence-corrected chi connectivity index (χ0v) is 16.6. The SMILES string of the molecule is O=C1C[C@@H]2C(=C1c1ccccc1)C(=O)[C@@H]1C[C@H](OCc3ccccc3)[C@H](O)CO[C@@H]21. The number of hydrogen-bond donors (Lipinski definition) is 1. The number of carbonyl (C=O) groups excluding carboxylic acids is 2. The van der Waals surface area contributed by atoms with Crippen LogP contribution in [0.3, 0.4) is 0 Å². The van der Waals surface area contributed by atoms with Gasteiger partial charge < -0.3 is 14.6 Å². The summed E-state index contributed by atoms with van der Waals surface area (Å²) in [5.41, 5.74) is 2.96. The smallest absolute Gasteiger partial charge is 0.165 e. The molecule has 0 aromatic heterocycles. The molecule has 3 aliphatic rings. The largest absolute Gasteiger partial charge is 0.388 e. The molecule has 1 saturated carbocycles. The first-order chi connectivity index (χ1) is 14.6. The highest BCUT2D eigenvalue weighted by Crippen LogP contribution is 2.49. The molecular formula is C25H24O5. The molecule has 30 heavy (non-hydrogen) atoms. The van der Waals surface area contributed by atoms with Crippen molar-refractivity contribution >= 4 is 17.1 Å². The normalized spacial score (nSPS) is 30.9. The monoisotopic (exact) mass is 404 g/mol. The van der Waals surface area contributed by atoms with Crippen molar-refractivity contribution in [2.24, 2.45) is 11.8 Å². The van der Waals surface area contributed by atoms with Crippen LogP contribution in [0.4, 0.5) is 0 Å². The maximum atomic E-state index is 13.4. The van der Waals surface area contributed by atoms with E-state index in [9.17, 15) is 14.7 Å². The number of rotatable bonds is 4. The Morgan fingerprint density at radius 2 is 1.67 bits per heavy atom. The Hall–Kier alpha value is -2.60. The van der Waals surface area contributed by atoms with E-state index in [0.29, 0.717) is 24.2 Å². The number of hydrogen-bond acceptors (Lipinski definition) is 5. The Balaban J connectivity index is 1.41. The molecule has 1 heterocycles. The van der Waals surface area contributed by atoms with Gasteiger partial charge in [-0.2, -0.15) is 0 Å². The van der Waals surface area contributed by atoms with Gasteiger partial charge in [-0.1, -0.05) is 60.7 Å². The summed E-state index contributed by atoms with van der Waals surface area (Å²) in [7, 11) is 0. The summed E-state index contributed by atoms with van der Waals surface area (Å²) in [6.07, 6.45) is -0.978. The van der Waals surface area contributed by atoms with Crippen LogP contribution in [0.1, 0.15) is 24.0 Å². The van der Waals surface area contributed by atoms with E-state index in [1.165, 1.54) is 0 Å². The van der Waals surface area contributed by atoms with Crippen LogP contribution in [0.15, 0.2) is 66.2 Å². The molecule has 5 rings (SSSR count). The van der Waals surface area contributed by atoms with Crippen molar-refractivity contribution in [3.63, 3.8) is 0 Å². The predicted octanol–water partition coefficient (Wildman–Crippen LogP) is 2.96. The minimum absolute atomic E-state index is 0.00160. The van der Waals surface area contributed by atoms with E-state index in [1.54, 1.807) is 0 Å². The van der Waals surface area contributed by atoms with Gasteiger partial charge >= 0.3 is 0 Å². The lowest BCUT2D eigenvalue weighted by molar-refractivity contribution is -0.122. The van der Waals surface area contributed by atoms with E-state index in [-0.39, 0.29) is 36.6 Å². The second-order valence-corrected chi connectivity index (χ2v) is 8.30. The first-order valence-corrected chi connectivity index (χ1v) is 10.5.